The Bertz CT molecular complexity index is 1570. The molecule has 0 spiro atoms. The van der Waals surface area contributed by atoms with Crippen molar-refractivity contribution in [2.75, 3.05) is 26.6 Å². The number of rotatable bonds is 11. The van der Waals surface area contributed by atoms with E-state index < -0.39 is 44.7 Å². The van der Waals surface area contributed by atoms with Gasteiger partial charge in [-0.1, -0.05) is 0 Å². The van der Waals surface area contributed by atoms with Gasteiger partial charge in [-0.15, -0.1) is 0 Å². The summed E-state index contributed by atoms with van der Waals surface area (Å²) in [7, 11) is -2.21. The van der Waals surface area contributed by atoms with Crippen LogP contribution in [-0.2, 0) is 13.8 Å². The molecule has 13 nitrogen and oxygen atoms in total. The lowest BCUT2D eigenvalue weighted by molar-refractivity contribution is -0.242. The number of phosphoric ester groups is 1. The molecule has 5 rings (SSSR count). The smallest absolute Gasteiger partial charge is 0.497 e. The van der Waals surface area contributed by atoms with Crippen molar-refractivity contribution in [3.05, 3.63) is 61.2 Å². The molecule has 230 valence electrons. The van der Waals surface area contributed by atoms with Crippen molar-refractivity contribution in [3.63, 3.8) is 0 Å². The standard InChI is InChI=1S/C25H24F4N5O8P/c1-37-14-3-7-16(8-4-14)41-43(36,42-17-9-5-15(38-2)6-10-17)39-11-24(23(26)27)25(28,29)19(35)22(40-24)34-13-33-18-20(30)31-12-32-21(18)34/h3-10,12-13,19,22-23,35H,11H2,1-2H3,(H2,30,31,32)/t19?,22-,24+/m1/s1. The van der Waals surface area contributed by atoms with Gasteiger partial charge in [0, 0.05) is 0 Å². The van der Waals surface area contributed by atoms with Gasteiger partial charge in [0.1, 0.15) is 41.4 Å². The van der Waals surface area contributed by atoms with E-state index in [0.29, 0.717) is 11.5 Å². The predicted octanol–water partition coefficient (Wildman–Crippen LogP) is 4.24. The van der Waals surface area contributed by atoms with Crippen LogP contribution in [0.15, 0.2) is 61.2 Å². The van der Waals surface area contributed by atoms with Gasteiger partial charge in [0.2, 0.25) is 5.60 Å². The number of alkyl halides is 4. The summed E-state index contributed by atoms with van der Waals surface area (Å²) >= 11 is 0. The molecular formula is C25H24F4N5O8P. The fourth-order valence-electron chi connectivity index (χ4n) is 4.22. The fourth-order valence-corrected chi connectivity index (χ4v) is 5.47. The lowest BCUT2D eigenvalue weighted by Gasteiger charge is -2.33. The number of hydrogen-bond acceptors (Lipinski definition) is 12. The number of ether oxygens (including phenoxy) is 3. The second kappa shape index (κ2) is 11.5. The molecule has 2 aromatic carbocycles. The number of fused-ring (bicyclic) bond motifs is 1. The maximum atomic E-state index is 15.6. The Morgan fingerprint density at radius 3 is 2.02 bits per heavy atom. The number of aliphatic hydroxyl groups excluding tert-OH is 1. The van der Waals surface area contributed by atoms with E-state index in [2.05, 4.69) is 15.0 Å². The number of methoxy groups -OCH3 is 2. The number of hydrogen-bond donors (Lipinski definition) is 2. The Morgan fingerprint density at radius 1 is 0.977 bits per heavy atom. The molecule has 2 aromatic heterocycles. The molecule has 0 radical (unpaired) electrons. The molecule has 0 saturated carbocycles. The van der Waals surface area contributed by atoms with Gasteiger partial charge in [-0.25, -0.2) is 28.3 Å². The third kappa shape index (κ3) is 5.51. The highest BCUT2D eigenvalue weighted by molar-refractivity contribution is 7.49. The lowest BCUT2D eigenvalue weighted by Crippen LogP contribution is -2.57. The van der Waals surface area contributed by atoms with Crippen molar-refractivity contribution in [1.82, 2.24) is 19.5 Å². The molecule has 43 heavy (non-hydrogen) atoms. The summed E-state index contributed by atoms with van der Waals surface area (Å²) in [4.78, 5) is 11.5. The molecular weight excluding hydrogens is 605 g/mol. The van der Waals surface area contributed by atoms with Gasteiger partial charge in [0.15, 0.2) is 23.8 Å². The molecule has 1 fully saturated rings. The van der Waals surface area contributed by atoms with E-state index in [4.69, 9.17) is 33.5 Å². The number of anilines is 1. The van der Waals surface area contributed by atoms with E-state index in [0.717, 1.165) is 17.2 Å². The van der Waals surface area contributed by atoms with Crippen LogP contribution in [0.3, 0.4) is 0 Å². The van der Waals surface area contributed by atoms with Crippen LogP contribution in [0, 0.1) is 0 Å². The molecule has 3 heterocycles. The number of aromatic nitrogens is 4. The molecule has 0 aliphatic carbocycles. The van der Waals surface area contributed by atoms with Crippen molar-refractivity contribution in [2.24, 2.45) is 0 Å². The minimum atomic E-state index is -5.01. The zero-order chi connectivity index (χ0) is 31.0. The number of phosphoric acid groups is 1. The van der Waals surface area contributed by atoms with Gasteiger partial charge in [-0.05, 0) is 48.5 Å². The van der Waals surface area contributed by atoms with Crippen LogP contribution in [0.4, 0.5) is 23.4 Å². The first-order valence-electron chi connectivity index (χ1n) is 12.3. The fraction of sp³-hybridized carbons (Fsp3) is 0.320. The number of imidazole rings is 1. The number of nitrogens with zero attached hydrogens (tertiary/aromatic N) is 4. The SMILES string of the molecule is COc1ccc(OP(=O)(OC[C@@]2(C(F)F)O[C@@H](n3cnc4c(N)ncnc43)C(O)C2(F)F)Oc2ccc(OC)cc2)cc1. The molecule has 3 N–H and O–H groups in total. The van der Waals surface area contributed by atoms with Gasteiger partial charge in [-0.2, -0.15) is 8.78 Å². The summed E-state index contributed by atoms with van der Waals surface area (Å²) < 4.78 is 106. The average molecular weight is 629 g/mol. The van der Waals surface area contributed by atoms with Crippen molar-refractivity contribution in [1.29, 1.82) is 0 Å². The van der Waals surface area contributed by atoms with E-state index in [1.54, 1.807) is 0 Å². The zero-order valence-corrected chi connectivity index (χ0v) is 23.2. The van der Waals surface area contributed by atoms with Crippen LogP contribution in [0.1, 0.15) is 6.23 Å². The molecule has 1 aliphatic rings. The van der Waals surface area contributed by atoms with Gasteiger partial charge in [0.05, 0.1) is 20.5 Å². The number of nitrogens with two attached hydrogens (primary N) is 1. The molecule has 18 heteroatoms. The van der Waals surface area contributed by atoms with Crippen LogP contribution in [0.25, 0.3) is 11.2 Å². The topological polar surface area (TPSA) is 162 Å². The normalized spacial score (nSPS) is 21.7. The second-order valence-electron chi connectivity index (χ2n) is 9.10. The first-order chi connectivity index (χ1) is 20.4. The minimum absolute atomic E-state index is 0.0438. The number of benzene rings is 2. The highest BCUT2D eigenvalue weighted by Crippen LogP contribution is 2.56. The molecule has 3 atom stereocenters. The van der Waals surface area contributed by atoms with E-state index in [1.807, 2.05) is 0 Å². The quantitative estimate of drug-likeness (QED) is 0.180. The Labute approximate surface area is 240 Å². The van der Waals surface area contributed by atoms with Crippen molar-refractivity contribution in [2.45, 2.75) is 30.3 Å². The molecule has 1 aliphatic heterocycles. The monoisotopic (exact) mass is 629 g/mol. The summed E-state index contributed by atoms with van der Waals surface area (Å²) in [6, 6.07) is 10.9. The van der Waals surface area contributed by atoms with Crippen LogP contribution >= 0.6 is 7.82 Å². The predicted molar refractivity (Wildman–Crippen MR) is 140 cm³/mol. The maximum absolute atomic E-state index is 15.6. The number of nitrogen functional groups attached to an aromatic ring is 1. The van der Waals surface area contributed by atoms with E-state index in [9.17, 15) is 18.5 Å². The Kier molecular flexibility index (Phi) is 8.09. The van der Waals surface area contributed by atoms with Gasteiger partial charge in [0.25, 0.3) is 6.43 Å². The van der Waals surface area contributed by atoms with Crippen molar-refractivity contribution < 1.29 is 55.0 Å². The van der Waals surface area contributed by atoms with E-state index >= 15 is 8.78 Å². The van der Waals surface area contributed by atoms with Crippen LogP contribution in [-0.4, -0.2) is 69.5 Å². The minimum Gasteiger partial charge on any atom is -0.497 e. The summed E-state index contributed by atoms with van der Waals surface area (Å²) in [5.74, 6) is -4.28. The summed E-state index contributed by atoms with van der Waals surface area (Å²) in [5, 5.41) is 10.6. The second-order valence-corrected chi connectivity index (χ2v) is 10.6. The largest absolute Gasteiger partial charge is 0.587 e. The van der Waals surface area contributed by atoms with Crippen molar-refractivity contribution in [3.8, 4) is 23.0 Å². The number of halogens is 4. The summed E-state index contributed by atoms with van der Waals surface area (Å²) in [6.45, 7) is -1.75. The van der Waals surface area contributed by atoms with Gasteiger partial charge < -0.3 is 34.1 Å². The maximum Gasteiger partial charge on any atom is 0.587 e. The Hall–Kier alpha value is -4.18. The average Bonchev–Trinajstić information content (AvgIpc) is 3.50. The third-order valence-corrected chi connectivity index (χ3v) is 7.86. The Balaban J connectivity index is 1.48. The van der Waals surface area contributed by atoms with Gasteiger partial charge >= 0.3 is 13.7 Å². The summed E-state index contributed by atoms with van der Waals surface area (Å²) in [5.41, 5.74) is 1.67. The number of aliphatic hydroxyl groups is 1. The summed E-state index contributed by atoms with van der Waals surface area (Å²) in [6.07, 6.45) is -7.07. The van der Waals surface area contributed by atoms with Crippen LogP contribution < -0.4 is 24.3 Å². The lowest BCUT2D eigenvalue weighted by atomic mass is 9.95. The van der Waals surface area contributed by atoms with E-state index in [1.165, 1.54) is 62.8 Å². The third-order valence-electron chi connectivity index (χ3n) is 6.54. The highest BCUT2D eigenvalue weighted by atomic mass is 31.2. The molecule has 1 unspecified atom stereocenters. The molecule has 1 saturated heterocycles. The Morgan fingerprint density at radius 2 is 1.51 bits per heavy atom. The highest BCUT2D eigenvalue weighted by Gasteiger charge is 2.74. The van der Waals surface area contributed by atoms with E-state index in [-0.39, 0.29) is 28.5 Å². The molecule has 0 amide bonds. The van der Waals surface area contributed by atoms with Crippen LogP contribution in [0.2, 0.25) is 0 Å². The van der Waals surface area contributed by atoms with Gasteiger partial charge in [-0.3, -0.25) is 9.09 Å². The zero-order valence-electron chi connectivity index (χ0n) is 22.3. The van der Waals surface area contributed by atoms with Crippen molar-refractivity contribution >= 4 is 24.8 Å². The first-order valence-corrected chi connectivity index (χ1v) is 13.8. The van der Waals surface area contributed by atoms with Crippen LogP contribution in [0.5, 0.6) is 23.0 Å². The molecule has 4 aromatic rings. The molecule has 0 bridgehead atoms. The first kappa shape index (κ1) is 30.3.